The number of carboxylic acid groups (broad SMARTS) is 1. The van der Waals surface area contributed by atoms with Crippen molar-refractivity contribution in [2.24, 2.45) is 0 Å². The molecule has 0 saturated carbocycles. The second kappa shape index (κ2) is 4.37. The standard InChI is InChI=1S/C11H10O3/c1-2-3-8-6-9(11(13)14)4-5-10(8)7-12/h2,4-7H,1,3H2,(H,13,14). The number of rotatable bonds is 4. The molecule has 0 bridgehead atoms. The summed E-state index contributed by atoms with van der Waals surface area (Å²) in [7, 11) is 0. The van der Waals surface area contributed by atoms with Crippen LogP contribution in [-0.2, 0) is 6.42 Å². The molecule has 0 heterocycles. The number of aldehydes is 1. The molecule has 0 aliphatic heterocycles. The van der Waals surface area contributed by atoms with Gasteiger partial charge in [-0.1, -0.05) is 12.1 Å². The van der Waals surface area contributed by atoms with E-state index in [-0.39, 0.29) is 5.56 Å². The molecule has 1 rings (SSSR count). The Bertz CT molecular complexity index is 380. The zero-order valence-electron chi connectivity index (χ0n) is 7.56. The molecule has 0 aliphatic rings. The van der Waals surface area contributed by atoms with Gasteiger partial charge in [0.1, 0.15) is 6.29 Å². The second-order valence-electron chi connectivity index (χ2n) is 2.83. The fraction of sp³-hybridized carbons (Fsp3) is 0.0909. The first-order valence-corrected chi connectivity index (χ1v) is 4.11. The van der Waals surface area contributed by atoms with E-state index in [1.54, 1.807) is 6.08 Å². The Morgan fingerprint density at radius 1 is 1.50 bits per heavy atom. The monoisotopic (exact) mass is 190 g/mol. The maximum absolute atomic E-state index is 10.6. The van der Waals surface area contributed by atoms with Crippen molar-refractivity contribution in [3.05, 3.63) is 47.5 Å². The number of hydrogen-bond acceptors (Lipinski definition) is 2. The van der Waals surface area contributed by atoms with Crippen LogP contribution in [0.25, 0.3) is 0 Å². The van der Waals surface area contributed by atoms with Gasteiger partial charge in [-0.05, 0) is 24.1 Å². The third-order valence-electron chi connectivity index (χ3n) is 1.88. The topological polar surface area (TPSA) is 54.4 Å². The molecule has 3 nitrogen and oxygen atoms in total. The van der Waals surface area contributed by atoms with E-state index in [9.17, 15) is 9.59 Å². The molecular weight excluding hydrogens is 180 g/mol. The van der Waals surface area contributed by atoms with Crippen LogP contribution >= 0.6 is 0 Å². The largest absolute Gasteiger partial charge is 0.478 e. The van der Waals surface area contributed by atoms with Crippen molar-refractivity contribution in [2.45, 2.75) is 6.42 Å². The number of carbonyl (C=O) groups excluding carboxylic acids is 1. The lowest BCUT2D eigenvalue weighted by Crippen LogP contribution is -2.00. The van der Waals surface area contributed by atoms with Gasteiger partial charge in [0.2, 0.25) is 0 Å². The minimum atomic E-state index is -0.993. The summed E-state index contributed by atoms with van der Waals surface area (Å²) >= 11 is 0. The van der Waals surface area contributed by atoms with E-state index >= 15 is 0 Å². The van der Waals surface area contributed by atoms with Crippen LogP contribution in [0.5, 0.6) is 0 Å². The normalized spacial score (nSPS) is 9.43. The molecule has 0 atom stereocenters. The zero-order chi connectivity index (χ0) is 10.6. The van der Waals surface area contributed by atoms with Crippen molar-refractivity contribution < 1.29 is 14.7 Å². The molecule has 0 amide bonds. The van der Waals surface area contributed by atoms with Crippen LogP contribution < -0.4 is 0 Å². The average molecular weight is 190 g/mol. The number of carbonyl (C=O) groups is 2. The predicted octanol–water partition coefficient (Wildman–Crippen LogP) is 1.93. The molecule has 14 heavy (non-hydrogen) atoms. The van der Waals surface area contributed by atoms with Gasteiger partial charge in [-0.25, -0.2) is 4.79 Å². The van der Waals surface area contributed by atoms with Crippen molar-refractivity contribution >= 4 is 12.3 Å². The van der Waals surface area contributed by atoms with E-state index in [2.05, 4.69) is 6.58 Å². The highest BCUT2D eigenvalue weighted by atomic mass is 16.4. The average Bonchev–Trinajstić information content (AvgIpc) is 2.18. The van der Waals surface area contributed by atoms with E-state index in [1.165, 1.54) is 18.2 Å². The quantitative estimate of drug-likeness (QED) is 0.583. The second-order valence-corrected chi connectivity index (χ2v) is 2.83. The smallest absolute Gasteiger partial charge is 0.335 e. The summed E-state index contributed by atoms with van der Waals surface area (Å²) in [5.74, 6) is -0.993. The molecular formula is C11H10O3. The summed E-state index contributed by atoms with van der Waals surface area (Å²) in [4.78, 5) is 21.2. The lowest BCUT2D eigenvalue weighted by Gasteiger charge is -2.02. The summed E-state index contributed by atoms with van der Waals surface area (Å²) in [5, 5.41) is 8.73. The maximum Gasteiger partial charge on any atom is 0.335 e. The summed E-state index contributed by atoms with van der Waals surface area (Å²) in [6.07, 6.45) is 2.84. The summed E-state index contributed by atoms with van der Waals surface area (Å²) in [6.45, 7) is 3.54. The highest BCUT2D eigenvalue weighted by molar-refractivity contribution is 5.89. The van der Waals surface area contributed by atoms with Gasteiger partial charge >= 0.3 is 5.97 Å². The van der Waals surface area contributed by atoms with Crippen LogP contribution in [0.3, 0.4) is 0 Å². The molecule has 0 radical (unpaired) electrons. The highest BCUT2D eigenvalue weighted by Gasteiger charge is 2.06. The van der Waals surface area contributed by atoms with Gasteiger partial charge in [0.25, 0.3) is 0 Å². The first-order chi connectivity index (χ1) is 6.69. The minimum absolute atomic E-state index is 0.187. The van der Waals surface area contributed by atoms with Crippen molar-refractivity contribution in [2.75, 3.05) is 0 Å². The number of aromatic carboxylic acids is 1. The molecule has 0 aromatic heterocycles. The number of benzene rings is 1. The van der Waals surface area contributed by atoms with Crippen molar-refractivity contribution in [1.29, 1.82) is 0 Å². The Hall–Kier alpha value is -1.90. The molecule has 0 aliphatic carbocycles. The molecule has 0 unspecified atom stereocenters. The molecule has 1 aromatic rings. The number of carboxylic acids is 1. The van der Waals surface area contributed by atoms with Gasteiger partial charge in [-0.2, -0.15) is 0 Å². The Balaban J connectivity index is 3.19. The van der Waals surface area contributed by atoms with Crippen molar-refractivity contribution in [1.82, 2.24) is 0 Å². The Kier molecular flexibility index (Phi) is 3.18. The highest BCUT2D eigenvalue weighted by Crippen LogP contribution is 2.11. The summed E-state index contributed by atoms with van der Waals surface area (Å²) < 4.78 is 0. The minimum Gasteiger partial charge on any atom is -0.478 e. The maximum atomic E-state index is 10.6. The number of hydrogen-bond donors (Lipinski definition) is 1. The molecule has 1 aromatic carbocycles. The first kappa shape index (κ1) is 10.2. The Labute approximate surface area is 81.7 Å². The molecule has 3 heteroatoms. The van der Waals surface area contributed by atoms with Crippen LogP contribution in [-0.4, -0.2) is 17.4 Å². The molecule has 0 spiro atoms. The van der Waals surface area contributed by atoms with Gasteiger partial charge in [0.15, 0.2) is 0 Å². The Morgan fingerprint density at radius 2 is 2.21 bits per heavy atom. The molecule has 1 N–H and O–H groups in total. The van der Waals surface area contributed by atoms with E-state index in [4.69, 9.17) is 5.11 Å². The fourth-order valence-corrected chi connectivity index (χ4v) is 1.19. The SMILES string of the molecule is C=CCc1cc(C(=O)O)ccc1C=O. The van der Waals surface area contributed by atoms with Crippen LogP contribution in [0.2, 0.25) is 0 Å². The fourth-order valence-electron chi connectivity index (χ4n) is 1.19. The summed E-state index contributed by atoms with van der Waals surface area (Å²) in [6, 6.07) is 4.42. The van der Waals surface area contributed by atoms with E-state index < -0.39 is 5.97 Å². The van der Waals surface area contributed by atoms with Crippen LogP contribution in [0.15, 0.2) is 30.9 Å². The third-order valence-corrected chi connectivity index (χ3v) is 1.88. The van der Waals surface area contributed by atoms with Gasteiger partial charge < -0.3 is 5.11 Å². The summed E-state index contributed by atoms with van der Waals surface area (Å²) in [5.41, 5.74) is 1.39. The van der Waals surface area contributed by atoms with E-state index in [0.717, 1.165) is 0 Å². The lowest BCUT2D eigenvalue weighted by atomic mass is 10.0. The number of allylic oxidation sites excluding steroid dienone is 1. The zero-order valence-corrected chi connectivity index (χ0v) is 7.56. The Morgan fingerprint density at radius 3 is 2.71 bits per heavy atom. The van der Waals surface area contributed by atoms with E-state index in [0.29, 0.717) is 23.8 Å². The van der Waals surface area contributed by atoms with Gasteiger partial charge in [0.05, 0.1) is 5.56 Å². The van der Waals surface area contributed by atoms with Crippen LogP contribution in [0.1, 0.15) is 26.3 Å². The molecule has 0 fully saturated rings. The third kappa shape index (κ3) is 2.07. The van der Waals surface area contributed by atoms with Crippen molar-refractivity contribution in [3.63, 3.8) is 0 Å². The van der Waals surface area contributed by atoms with Gasteiger partial charge in [-0.15, -0.1) is 6.58 Å². The van der Waals surface area contributed by atoms with Crippen LogP contribution in [0, 0.1) is 0 Å². The van der Waals surface area contributed by atoms with E-state index in [1.807, 2.05) is 0 Å². The van der Waals surface area contributed by atoms with Gasteiger partial charge in [0, 0.05) is 5.56 Å². The molecule has 72 valence electrons. The predicted molar refractivity (Wildman–Crippen MR) is 52.7 cm³/mol. The van der Waals surface area contributed by atoms with Crippen molar-refractivity contribution in [3.8, 4) is 0 Å². The van der Waals surface area contributed by atoms with Crippen LogP contribution in [0.4, 0.5) is 0 Å². The van der Waals surface area contributed by atoms with Gasteiger partial charge in [-0.3, -0.25) is 4.79 Å². The lowest BCUT2D eigenvalue weighted by molar-refractivity contribution is 0.0696. The first-order valence-electron chi connectivity index (χ1n) is 4.11. The molecule has 0 saturated heterocycles.